The third-order valence-electron chi connectivity index (χ3n) is 2.26. The number of hydrogen-bond donors (Lipinski definition) is 2. The molecule has 5 heteroatoms. The number of aliphatic imine (C=N–C) groups is 1. The molecule has 0 saturated heterocycles. The molecule has 16 heavy (non-hydrogen) atoms. The van der Waals surface area contributed by atoms with Crippen molar-refractivity contribution in [3.05, 3.63) is 28.0 Å². The lowest BCUT2D eigenvalue weighted by Gasteiger charge is -2.11. The van der Waals surface area contributed by atoms with Crippen molar-refractivity contribution in [1.29, 1.82) is 0 Å². The Morgan fingerprint density at radius 3 is 2.69 bits per heavy atom. The van der Waals surface area contributed by atoms with Crippen molar-refractivity contribution >= 4 is 27.3 Å². The first-order valence-corrected chi connectivity index (χ1v) is 5.80. The predicted molar refractivity (Wildman–Crippen MR) is 69.3 cm³/mol. The van der Waals surface area contributed by atoms with E-state index >= 15 is 0 Å². The summed E-state index contributed by atoms with van der Waals surface area (Å²) in [6.45, 7) is 0.595. The highest BCUT2D eigenvalue weighted by atomic mass is 79.9. The molecule has 1 aromatic rings. The fourth-order valence-electron chi connectivity index (χ4n) is 1.52. The fourth-order valence-corrected chi connectivity index (χ4v) is 2.19. The fraction of sp³-hybridized carbons (Fsp3) is 0.364. The molecule has 0 amide bonds. The van der Waals surface area contributed by atoms with Crippen LogP contribution >= 0.6 is 15.9 Å². The van der Waals surface area contributed by atoms with Gasteiger partial charge in [0.1, 0.15) is 5.82 Å². The summed E-state index contributed by atoms with van der Waals surface area (Å²) in [6, 6.07) is 2.69. The highest BCUT2D eigenvalue weighted by Gasteiger charge is 2.12. The Balaban J connectivity index is 3.10. The van der Waals surface area contributed by atoms with Crippen LogP contribution in [0.5, 0.6) is 0 Å². The molecule has 0 atom stereocenters. The molecule has 0 radical (unpaired) electrons. The highest BCUT2D eigenvalue weighted by Crippen LogP contribution is 2.26. The summed E-state index contributed by atoms with van der Waals surface area (Å²) in [5.74, 6) is -0.359. The van der Waals surface area contributed by atoms with E-state index in [0.717, 1.165) is 24.1 Å². The maximum Gasteiger partial charge on any atom is 0.126 e. The molecule has 3 nitrogen and oxygen atoms in total. The Morgan fingerprint density at radius 1 is 1.50 bits per heavy atom. The lowest BCUT2D eigenvalue weighted by Crippen LogP contribution is -2.09. The van der Waals surface area contributed by atoms with Gasteiger partial charge in [-0.25, -0.2) is 4.39 Å². The molecule has 4 N–H and O–H groups in total. The molecule has 0 heterocycles. The summed E-state index contributed by atoms with van der Waals surface area (Å²) >= 11 is 3.30. The van der Waals surface area contributed by atoms with Gasteiger partial charge in [-0.15, -0.1) is 0 Å². The number of hydrogen-bond acceptors (Lipinski definition) is 3. The van der Waals surface area contributed by atoms with E-state index in [9.17, 15) is 4.39 Å². The minimum absolute atomic E-state index is 0.359. The second-order valence-corrected chi connectivity index (χ2v) is 4.27. The van der Waals surface area contributed by atoms with Crippen molar-refractivity contribution < 1.29 is 4.39 Å². The number of nitrogens with two attached hydrogens (primary N) is 2. The van der Waals surface area contributed by atoms with Gasteiger partial charge in [-0.1, -0.05) is 0 Å². The van der Waals surface area contributed by atoms with Crippen LogP contribution in [0.4, 0.5) is 10.1 Å². The van der Waals surface area contributed by atoms with E-state index in [2.05, 4.69) is 20.9 Å². The minimum Gasteiger partial charge on any atom is -0.398 e. The summed E-state index contributed by atoms with van der Waals surface area (Å²) in [6.07, 6.45) is 1.57. The normalized spacial score (nSPS) is 11.9. The van der Waals surface area contributed by atoms with Gasteiger partial charge in [0.15, 0.2) is 0 Å². The van der Waals surface area contributed by atoms with Crippen LogP contribution in [0, 0.1) is 5.82 Å². The summed E-state index contributed by atoms with van der Waals surface area (Å²) in [5, 5.41) is 0. The lowest BCUT2D eigenvalue weighted by molar-refractivity contribution is 0.627. The van der Waals surface area contributed by atoms with Gasteiger partial charge in [-0.05, 0) is 47.4 Å². The van der Waals surface area contributed by atoms with Crippen LogP contribution < -0.4 is 11.5 Å². The molecule has 0 saturated carbocycles. The molecule has 0 unspecified atom stereocenters. The average Bonchev–Trinajstić information content (AvgIpc) is 2.21. The van der Waals surface area contributed by atoms with Crippen molar-refractivity contribution in [2.24, 2.45) is 10.7 Å². The third kappa shape index (κ3) is 3.02. The molecule has 1 aromatic carbocycles. The number of nitrogens with zero attached hydrogens (tertiary/aromatic N) is 1. The van der Waals surface area contributed by atoms with Crippen LogP contribution in [0.15, 0.2) is 21.6 Å². The molecule has 0 bridgehead atoms. The molecule has 0 aromatic heterocycles. The summed E-state index contributed by atoms with van der Waals surface area (Å²) in [7, 11) is 1.70. The number of halogens is 2. The number of nitrogen functional groups attached to an aromatic ring is 1. The van der Waals surface area contributed by atoms with Crippen molar-refractivity contribution in [3.63, 3.8) is 0 Å². The van der Waals surface area contributed by atoms with E-state index in [0.29, 0.717) is 16.7 Å². The summed E-state index contributed by atoms with van der Waals surface area (Å²) in [4.78, 5) is 4.18. The standard InChI is InChI=1S/C11H15BrFN3/c1-16-10(3-2-4-14)11-8(12)5-7(13)6-9(11)15/h5-6H,2-4,14-15H2,1H3. The molecule has 88 valence electrons. The van der Waals surface area contributed by atoms with Crippen molar-refractivity contribution in [2.45, 2.75) is 12.8 Å². The van der Waals surface area contributed by atoms with Crippen LogP contribution in [0.25, 0.3) is 0 Å². The predicted octanol–water partition coefficient (Wildman–Crippen LogP) is 2.33. The minimum atomic E-state index is -0.359. The smallest absolute Gasteiger partial charge is 0.126 e. The number of benzene rings is 1. The lowest BCUT2D eigenvalue weighted by atomic mass is 10.0. The van der Waals surface area contributed by atoms with E-state index in [1.807, 2.05) is 0 Å². The van der Waals surface area contributed by atoms with Gasteiger partial charge in [0.05, 0.1) is 0 Å². The average molecular weight is 288 g/mol. The second kappa shape index (κ2) is 5.96. The van der Waals surface area contributed by atoms with E-state index in [1.54, 1.807) is 7.05 Å². The molecule has 0 aliphatic heterocycles. The Morgan fingerprint density at radius 2 is 2.19 bits per heavy atom. The molecule has 0 fully saturated rings. The van der Waals surface area contributed by atoms with Crippen molar-refractivity contribution in [2.75, 3.05) is 19.3 Å². The zero-order chi connectivity index (χ0) is 12.1. The molecular formula is C11H15BrFN3. The van der Waals surface area contributed by atoms with Gasteiger partial charge in [-0.2, -0.15) is 0 Å². The van der Waals surface area contributed by atoms with Crippen LogP contribution in [-0.4, -0.2) is 19.3 Å². The van der Waals surface area contributed by atoms with Gasteiger partial charge in [0, 0.05) is 28.5 Å². The first-order valence-electron chi connectivity index (χ1n) is 5.00. The Hall–Kier alpha value is -0.940. The quantitative estimate of drug-likeness (QED) is 0.659. The van der Waals surface area contributed by atoms with Crippen LogP contribution in [0.3, 0.4) is 0 Å². The molecule has 1 rings (SSSR count). The topological polar surface area (TPSA) is 64.4 Å². The van der Waals surface area contributed by atoms with E-state index < -0.39 is 0 Å². The van der Waals surface area contributed by atoms with E-state index in [4.69, 9.17) is 11.5 Å². The first-order chi connectivity index (χ1) is 7.60. The van der Waals surface area contributed by atoms with Gasteiger partial charge >= 0.3 is 0 Å². The Labute approximate surface area is 103 Å². The van der Waals surface area contributed by atoms with E-state index in [1.165, 1.54) is 12.1 Å². The maximum absolute atomic E-state index is 13.1. The largest absolute Gasteiger partial charge is 0.398 e. The Bertz CT molecular complexity index is 381. The molecule has 0 aliphatic carbocycles. The van der Waals surface area contributed by atoms with E-state index in [-0.39, 0.29) is 5.82 Å². The molecular weight excluding hydrogens is 273 g/mol. The molecule has 0 aliphatic rings. The second-order valence-electron chi connectivity index (χ2n) is 3.41. The maximum atomic E-state index is 13.1. The number of anilines is 1. The highest BCUT2D eigenvalue weighted by molar-refractivity contribution is 9.10. The van der Waals surface area contributed by atoms with Gasteiger partial charge in [-0.3, -0.25) is 4.99 Å². The Kier molecular flexibility index (Phi) is 4.89. The molecule has 0 spiro atoms. The van der Waals surface area contributed by atoms with Crippen molar-refractivity contribution in [3.8, 4) is 0 Å². The van der Waals surface area contributed by atoms with Gasteiger partial charge in [0.25, 0.3) is 0 Å². The monoisotopic (exact) mass is 287 g/mol. The van der Waals surface area contributed by atoms with Crippen LogP contribution in [0.2, 0.25) is 0 Å². The zero-order valence-corrected chi connectivity index (χ0v) is 10.7. The van der Waals surface area contributed by atoms with Crippen LogP contribution in [0.1, 0.15) is 18.4 Å². The zero-order valence-electron chi connectivity index (χ0n) is 9.13. The van der Waals surface area contributed by atoms with Gasteiger partial charge < -0.3 is 11.5 Å². The summed E-state index contributed by atoms with van der Waals surface area (Å²) in [5.41, 5.74) is 13.2. The SMILES string of the molecule is CN=C(CCCN)c1c(N)cc(F)cc1Br. The first kappa shape index (κ1) is 13.1. The van der Waals surface area contributed by atoms with Crippen molar-refractivity contribution in [1.82, 2.24) is 0 Å². The van der Waals surface area contributed by atoms with Crippen LogP contribution in [-0.2, 0) is 0 Å². The third-order valence-corrected chi connectivity index (χ3v) is 2.89. The summed E-state index contributed by atoms with van der Waals surface area (Å²) < 4.78 is 13.7. The van der Waals surface area contributed by atoms with Gasteiger partial charge in [0.2, 0.25) is 0 Å². The number of rotatable bonds is 4.